The smallest absolute Gasteiger partial charge is 0.272 e. The van der Waals surface area contributed by atoms with E-state index in [-0.39, 0.29) is 11.9 Å². The summed E-state index contributed by atoms with van der Waals surface area (Å²) in [6, 6.07) is 11.6. The summed E-state index contributed by atoms with van der Waals surface area (Å²) in [4.78, 5) is 19.5. The Bertz CT molecular complexity index is 952. The van der Waals surface area contributed by atoms with E-state index in [1.165, 1.54) is 0 Å². The van der Waals surface area contributed by atoms with Crippen molar-refractivity contribution in [2.45, 2.75) is 32.5 Å². The highest BCUT2D eigenvalue weighted by atomic mass is 16.5. The van der Waals surface area contributed by atoms with Crippen molar-refractivity contribution in [2.24, 2.45) is 0 Å². The number of benzene rings is 1. The van der Waals surface area contributed by atoms with E-state index in [1.54, 1.807) is 13.2 Å². The van der Waals surface area contributed by atoms with Gasteiger partial charge < -0.3 is 14.2 Å². The molecule has 1 aromatic carbocycles. The minimum atomic E-state index is -0.0461. The minimum Gasteiger partial charge on any atom is -0.377 e. The molecule has 7 heteroatoms. The van der Waals surface area contributed by atoms with E-state index < -0.39 is 0 Å². The number of rotatable bonds is 3. The first-order chi connectivity index (χ1) is 12.7. The van der Waals surface area contributed by atoms with Crippen molar-refractivity contribution >= 4 is 16.8 Å². The summed E-state index contributed by atoms with van der Waals surface area (Å²) in [6.45, 7) is 3.71. The second-order valence-corrected chi connectivity index (χ2v) is 6.56. The molecule has 0 unspecified atom stereocenters. The lowest BCUT2D eigenvalue weighted by Gasteiger charge is -2.26. The Morgan fingerprint density at radius 1 is 1.19 bits per heavy atom. The minimum absolute atomic E-state index is 0.0246. The van der Waals surface area contributed by atoms with Crippen LogP contribution in [0.1, 0.15) is 29.1 Å². The maximum Gasteiger partial charge on any atom is 0.272 e. The van der Waals surface area contributed by atoms with E-state index in [4.69, 9.17) is 4.74 Å². The molecule has 26 heavy (non-hydrogen) atoms. The highest BCUT2D eigenvalue weighted by Crippen LogP contribution is 2.19. The van der Waals surface area contributed by atoms with Gasteiger partial charge in [0.25, 0.3) is 5.91 Å². The zero-order valence-corrected chi connectivity index (χ0v) is 14.9. The average Bonchev–Trinajstić information content (AvgIpc) is 2.94. The van der Waals surface area contributed by atoms with Gasteiger partial charge in [-0.1, -0.05) is 24.3 Å². The van der Waals surface area contributed by atoms with Crippen molar-refractivity contribution in [1.29, 1.82) is 0 Å². The Hall–Kier alpha value is -2.80. The lowest BCUT2D eigenvalue weighted by Crippen LogP contribution is -2.40. The third-order valence-corrected chi connectivity index (χ3v) is 4.83. The predicted molar refractivity (Wildman–Crippen MR) is 96.7 cm³/mol. The number of aromatic nitrogens is 4. The monoisotopic (exact) mass is 351 g/mol. The molecule has 0 radical (unpaired) electrons. The molecule has 1 aliphatic heterocycles. The van der Waals surface area contributed by atoms with Crippen LogP contribution in [0.4, 0.5) is 0 Å². The summed E-state index contributed by atoms with van der Waals surface area (Å²) in [7, 11) is 1.64. The number of amides is 1. The van der Waals surface area contributed by atoms with Gasteiger partial charge in [-0.15, -0.1) is 10.2 Å². The van der Waals surface area contributed by atoms with Crippen LogP contribution < -0.4 is 0 Å². The van der Waals surface area contributed by atoms with Crippen LogP contribution in [-0.2, 0) is 24.3 Å². The topological polar surface area (TPSA) is 73.1 Å². The van der Waals surface area contributed by atoms with Crippen LogP contribution in [0.15, 0.2) is 36.4 Å². The molecule has 134 valence electrons. The molecule has 0 fully saturated rings. The Morgan fingerprint density at radius 3 is 2.88 bits per heavy atom. The van der Waals surface area contributed by atoms with Gasteiger partial charge in [0.1, 0.15) is 18.1 Å². The molecule has 3 aromatic rings. The van der Waals surface area contributed by atoms with Crippen molar-refractivity contribution in [3.8, 4) is 0 Å². The lowest BCUT2D eigenvalue weighted by molar-refractivity contribution is 0.0689. The van der Waals surface area contributed by atoms with Gasteiger partial charge in [-0.05, 0) is 19.1 Å². The summed E-state index contributed by atoms with van der Waals surface area (Å²) in [5, 5.41) is 9.50. The van der Waals surface area contributed by atoms with E-state index in [2.05, 4.69) is 19.7 Å². The molecule has 0 aliphatic carbocycles. The molecule has 0 bridgehead atoms. The number of carbonyl (C=O) groups is 1. The molecule has 2 aromatic heterocycles. The third kappa shape index (κ3) is 2.94. The van der Waals surface area contributed by atoms with Crippen LogP contribution in [0.5, 0.6) is 0 Å². The van der Waals surface area contributed by atoms with Crippen LogP contribution in [-0.4, -0.2) is 50.3 Å². The number of hydrogen-bond acceptors (Lipinski definition) is 5. The second-order valence-electron chi connectivity index (χ2n) is 6.56. The third-order valence-electron chi connectivity index (χ3n) is 4.83. The molecular formula is C19H21N5O2. The van der Waals surface area contributed by atoms with Crippen molar-refractivity contribution in [2.75, 3.05) is 13.7 Å². The summed E-state index contributed by atoms with van der Waals surface area (Å²) in [5.41, 5.74) is 1.31. The van der Waals surface area contributed by atoms with Gasteiger partial charge in [-0.25, -0.2) is 4.98 Å². The van der Waals surface area contributed by atoms with Gasteiger partial charge in [0.05, 0.1) is 5.52 Å². The summed E-state index contributed by atoms with van der Waals surface area (Å²) < 4.78 is 7.25. The maximum atomic E-state index is 13.1. The number of fused-ring (bicyclic) bond motifs is 2. The Kier molecular flexibility index (Phi) is 4.38. The number of nitrogens with zero attached hydrogens (tertiary/aromatic N) is 5. The molecule has 0 N–H and O–H groups in total. The van der Waals surface area contributed by atoms with E-state index in [0.717, 1.165) is 22.6 Å². The van der Waals surface area contributed by atoms with E-state index in [9.17, 15) is 4.79 Å². The fourth-order valence-corrected chi connectivity index (χ4v) is 3.45. The molecule has 7 nitrogen and oxygen atoms in total. The molecule has 1 amide bonds. The van der Waals surface area contributed by atoms with Crippen LogP contribution in [0.2, 0.25) is 0 Å². The van der Waals surface area contributed by atoms with Gasteiger partial charge in [0.2, 0.25) is 0 Å². The summed E-state index contributed by atoms with van der Waals surface area (Å²) in [5.74, 6) is 1.65. The van der Waals surface area contributed by atoms with E-state index in [1.807, 2.05) is 42.2 Å². The van der Waals surface area contributed by atoms with Crippen LogP contribution in [0.25, 0.3) is 10.9 Å². The highest BCUT2D eigenvalue weighted by Gasteiger charge is 2.28. The van der Waals surface area contributed by atoms with Crippen LogP contribution in [0, 0.1) is 0 Å². The van der Waals surface area contributed by atoms with Gasteiger partial charge in [0, 0.05) is 38.0 Å². The highest BCUT2D eigenvalue weighted by molar-refractivity contribution is 5.95. The number of hydrogen-bond donors (Lipinski definition) is 0. The Morgan fingerprint density at radius 2 is 2.04 bits per heavy atom. The SMILES string of the molecule is COCc1nnc2n1CCN(C(=O)c1ccc3ccccc3n1)[C@H](C)C2. The van der Waals surface area contributed by atoms with Crippen molar-refractivity contribution in [3.63, 3.8) is 0 Å². The molecular weight excluding hydrogens is 330 g/mol. The predicted octanol–water partition coefficient (Wildman–Crippen LogP) is 2.06. The van der Waals surface area contributed by atoms with Crippen molar-refractivity contribution in [3.05, 3.63) is 53.7 Å². The normalized spacial score (nSPS) is 17.2. The molecule has 0 saturated carbocycles. The zero-order valence-electron chi connectivity index (χ0n) is 14.9. The Labute approximate surface area is 151 Å². The summed E-state index contributed by atoms with van der Waals surface area (Å²) >= 11 is 0. The number of carbonyl (C=O) groups excluding carboxylic acids is 1. The number of para-hydroxylation sites is 1. The van der Waals surface area contributed by atoms with Gasteiger partial charge in [0.15, 0.2) is 5.82 Å². The standard InChI is InChI=1S/C19H21N5O2/c1-13-11-17-21-22-18(12-26-2)24(17)10-9-23(13)19(25)16-8-7-14-5-3-4-6-15(14)20-16/h3-8,13H,9-12H2,1-2H3/t13-/m1/s1. The molecule has 1 atom stereocenters. The quantitative estimate of drug-likeness (QED) is 0.722. The number of pyridine rings is 1. The molecule has 4 rings (SSSR count). The Balaban J connectivity index is 1.59. The fourth-order valence-electron chi connectivity index (χ4n) is 3.45. The van der Waals surface area contributed by atoms with Gasteiger partial charge in [-0.2, -0.15) is 0 Å². The average molecular weight is 351 g/mol. The molecule has 3 heterocycles. The van der Waals surface area contributed by atoms with Crippen LogP contribution >= 0.6 is 0 Å². The van der Waals surface area contributed by atoms with E-state index >= 15 is 0 Å². The fraction of sp³-hybridized carbons (Fsp3) is 0.368. The van der Waals surface area contributed by atoms with Gasteiger partial charge >= 0.3 is 0 Å². The largest absolute Gasteiger partial charge is 0.377 e. The van der Waals surface area contributed by atoms with Crippen molar-refractivity contribution < 1.29 is 9.53 Å². The van der Waals surface area contributed by atoms with Crippen molar-refractivity contribution in [1.82, 2.24) is 24.6 Å². The van der Waals surface area contributed by atoms with E-state index in [0.29, 0.717) is 31.8 Å². The first kappa shape index (κ1) is 16.7. The molecule has 1 aliphatic rings. The molecule has 0 saturated heterocycles. The van der Waals surface area contributed by atoms with Gasteiger partial charge in [-0.3, -0.25) is 4.79 Å². The molecule has 0 spiro atoms. The first-order valence-corrected chi connectivity index (χ1v) is 8.74. The second kappa shape index (κ2) is 6.84. The maximum absolute atomic E-state index is 13.1. The van der Waals surface area contributed by atoms with Crippen LogP contribution in [0.3, 0.4) is 0 Å². The number of ether oxygens (including phenoxy) is 1. The lowest BCUT2D eigenvalue weighted by atomic mass is 10.1. The zero-order chi connectivity index (χ0) is 18.1. The first-order valence-electron chi connectivity index (χ1n) is 8.74. The number of methoxy groups -OCH3 is 1. The summed E-state index contributed by atoms with van der Waals surface area (Å²) in [6.07, 6.45) is 0.663.